The summed E-state index contributed by atoms with van der Waals surface area (Å²) in [7, 11) is 0. The molecule has 2 atom stereocenters. The summed E-state index contributed by atoms with van der Waals surface area (Å²) < 4.78 is 9.67. The van der Waals surface area contributed by atoms with Crippen LogP contribution in [-0.4, -0.2) is 46.4 Å². The molecule has 0 aromatic carbocycles. The number of hydrogen-bond acceptors (Lipinski definition) is 6. The van der Waals surface area contributed by atoms with E-state index in [1.807, 2.05) is 0 Å². The molecule has 0 radical (unpaired) electrons. The van der Waals surface area contributed by atoms with Crippen LogP contribution in [0.15, 0.2) is 4.52 Å². The van der Waals surface area contributed by atoms with Gasteiger partial charge in [0.25, 0.3) is 11.7 Å². The summed E-state index contributed by atoms with van der Waals surface area (Å²) in [4.78, 5) is 26.2. The smallest absolute Gasteiger partial charge is 0.311 e. The first kappa shape index (κ1) is 11.5. The van der Waals surface area contributed by atoms with E-state index in [1.165, 1.54) is 0 Å². The number of aromatic nitrogens is 2. The molecule has 1 amide bonds. The molecule has 2 heterocycles. The Morgan fingerprint density at radius 3 is 2.82 bits per heavy atom. The van der Waals surface area contributed by atoms with Gasteiger partial charge in [-0.1, -0.05) is 5.16 Å². The Labute approximate surface area is 95.9 Å². The molecule has 2 rings (SSSR count). The molecular formula is C9H11N3O5. The van der Waals surface area contributed by atoms with Gasteiger partial charge in [-0.05, 0) is 0 Å². The van der Waals surface area contributed by atoms with Crippen LogP contribution in [0.1, 0.15) is 16.5 Å². The zero-order chi connectivity index (χ0) is 12.4. The van der Waals surface area contributed by atoms with Crippen LogP contribution in [0.5, 0.6) is 0 Å². The number of rotatable bonds is 3. The highest BCUT2D eigenvalue weighted by Crippen LogP contribution is 2.14. The fourth-order valence-electron chi connectivity index (χ4n) is 1.56. The predicted octanol–water partition coefficient (Wildman–Crippen LogP) is -0.793. The maximum Gasteiger partial charge on any atom is 0.311 e. The number of carboxylic acid groups (broad SMARTS) is 1. The van der Waals surface area contributed by atoms with Crippen molar-refractivity contribution in [3.8, 4) is 0 Å². The number of amides is 1. The lowest BCUT2D eigenvalue weighted by molar-refractivity contribution is -0.142. The van der Waals surface area contributed by atoms with Crippen LogP contribution in [0.3, 0.4) is 0 Å². The van der Waals surface area contributed by atoms with Gasteiger partial charge in [0.1, 0.15) is 5.92 Å². The first-order chi connectivity index (χ1) is 8.08. The molecule has 2 N–H and O–H groups in total. The van der Waals surface area contributed by atoms with Crippen LogP contribution >= 0.6 is 0 Å². The third-order valence-electron chi connectivity index (χ3n) is 2.44. The standard InChI is InChI=1S/C9H11N3O5/c1-4-10-7(12-17-4)8(13)11-6-3-16-2-5(6)9(14)15/h5-6H,2-3H2,1H3,(H,11,13)(H,14,15). The van der Waals surface area contributed by atoms with E-state index in [4.69, 9.17) is 9.84 Å². The highest BCUT2D eigenvalue weighted by Gasteiger charge is 2.35. The molecular weight excluding hydrogens is 230 g/mol. The number of carboxylic acids is 1. The van der Waals surface area contributed by atoms with E-state index in [9.17, 15) is 9.59 Å². The van der Waals surface area contributed by atoms with Crippen molar-refractivity contribution in [3.63, 3.8) is 0 Å². The first-order valence-corrected chi connectivity index (χ1v) is 4.99. The average molecular weight is 241 g/mol. The summed E-state index contributed by atoms with van der Waals surface area (Å²) in [6, 6.07) is -0.571. The molecule has 8 heteroatoms. The Morgan fingerprint density at radius 1 is 1.47 bits per heavy atom. The number of carbonyl (C=O) groups is 2. The van der Waals surface area contributed by atoms with Gasteiger partial charge < -0.3 is 19.7 Å². The molecule has 0 spiro atoms. The summed E-state index contributed by atoms with van der Waals surface area (Å²) in [6.07, 6.45) is 0. The third-order valence-corrected chi connectivity index (χ3v) is 2.44. The molecule has 92 valence electrons. The van der Waals surface area contributed by atoms with Crippen molar-refractivity contribution in [1.29, 1.82) is 0 Å². The van der Waals surface area contributed by atoms with E-state index in [0.717, 1.165) is 0 Å². The summed E-state index contributed by atoms with van der Waals surface area (Å²) in [6.45, 7) is 1.81. The summed E-state index contributed by atoms with van der Waals surface area (Å²) >= 11 is 0. The van der Waals surface area contributed by atoms with Crippen molar-refractivity contribution in [2.45, 2.75) is 13.0 Å². The molecule has 8 nitrogen and oxygen atoms in total. The molecule has 1 fully saturated rings. The van der Waals surface area contributed by atoms with Crippen molar-refractivity contribution in [2.75, 3.05) is 13.2 Å². The zero-order valence-electron chi connectivity index (χ0n) is 9.04. The van der Waals surface area contributed by atoms with Crippen LogP contribution in [0.2, 0.25) is 0 Å². The second kappa shape index (κ2) is 4.50. The minimum atomic E-state index is -1.00. The second-order valence-electron chi connectivity index (χ2n) is 3.70. The predicted molar refractivity (Wildman–Crippen MR) is 52.2 cm³/mol. The number of aryl methyl sites for hydroxylation is 1. The van der Waals surface area contributed by atoms with Crippen molar-refractivity contribution in [3.05, 3.63) is 11.7 Å². The lowest BCUT2D eigenvalue weighted by atomic mass is 10.0. The minimum absolute atomic E-state index is 0.0888. The van der Waals surface area contributed by atoms with Crippen LogP contribution in [0, 0.1) is 12.8 Å². The van der Waals surface area contributed by atoms with Gasteiger partial charge >= 0.3 is 5.97 Å². The van der Waals surface area contributed by atoms with Gasteiger partial charge in [0, 0.05) is 6.92 Å². The molecule has 0 bridgehead atoms. The Bertz CT molecular complexity index is 444. The number of nitrogens with one attached hydrogen (secondary N) is 1. The zero-order valence-corrected chi connectivity index (χ0v) is 9.04. The van der Waals surface area contributed by atoms with Gasteiger partial charge in [0.15, 0.2) is 0 Å². The molecule has 0 saturated carbocycles. The maximum atomic E-state index is 11.6. The van der Waals surface area contributed by atoms with Crippen LogP contribution in [0.4, 0.5) is 0 Å². The van der Waals surface area contributed by atoms with Gasteiger partial charge in [-0.3, -0.25) is 9.59 Å². The van der Waals surface area contributed by atoms with Gasteiger partial charge in [-0.2, -0.15) is 4.98 Å². The monoisotopic (exact) mass is 241 g/mol. The number of aliphatic carboxylic acids is 1. The lowest BCUT2D eigenvalue weighted by Gasteiger charge is -2.13. The Morgan fingerprint density at radius 2 is 2.24 bits per heavy atom. The minimum Gasteiger partial charge on any atom is -0.481 e. The molecule has 0 aliphatic carbocycles. The van der Waals surface area contributed by atoms with Crippen molar-refractivity contribution >= 4 is 11.9 Å². The van der Waals surface area contributed by atoms with E-state index >= 15 is 0 Å². The maximum absolute atomic E-state index is 11.6. The molecule has 1 aromatic heterocycles. The quantitative estimate of drug-likeness (QED) is 0.712. The molecule has 1 aromatic rings. The molecule has 2 unspecified atom stereocenters. The van der Waals surface area contributed by atoms with Crippen LogP contribution in [0.25, 0.3) is 0 Å². The summed E-state index contributed by atoms with van der Waals surface area (Å²) in [5.74, 6) is -2.15. The Kier molecular flexibility index (Phi) is 3.05. The average Bonchev–Trinajstić information content (AvgIpc) is 2.86. The van der Waals surface area contributed by atoms with Gasteiger partial charge in [0.2, 0.25) is 5.89 Å². The van der Waals surface area contributed by atoms with E-state index in [1.54, 1.807) is 6.92 Å². The topological polar surface area (TPSA) is 115 Å². The Hall–Kier alpha value is -1.96. The SMILES string of the molecule is Cc1nc(C(=O)NC2COCC2C(=O)O)no1. The molecule has 1 aliphatic rings. The molecule has 1 saturated heterocycles. The van der Waals surface area contributed by atoms with Crippen molar-refractivity contribution in [1.82, 2.24) is 15.5 Å². The van der Waals surface area contributed by atoms with E-state index < -0.39 is 23.8 Å². The first-order valence-electron chi connectivity index (χ1n) is 4.99. The number of nitrogens with zero attached hydrogens (tertiary/aromatic N) is 2. The van der Waals surface area contributed by atoms with Gasteiger partial charge in [-0.15, -0.1) is 0 Å². The molecule has 1 aliphatic heterocycles. The summed E-state index contributed by atoms with van der Waals surface area (Å²) in [5.41, 5.74) is 0. The Balaban J connectivity index is 2.01. The highest BCUT2D eigenvalue weighted by atomic mass is 16.5. The van der Waals surface area contributed by atoms with Crippen molar-refractivity contribution < 1.29 is 24.0 Å². The lowest BCUT2D eigenvalue weighted by Crippen LogP contribution is -2.43. The van der Waals surface area contributed by atoms with E-state index in [2.05, 4.69) is 20.0 Å². The molecule has 17 heavy (non-hydrogen) atoms. The van der Waals surface area contributed by atoms with Gasteiger partial charge in [-0.25, -0.2) is 0 Å². The number of carbonyl (C=O) groups excluding carboxylic acids is 1. The van der Waals surface area contributed by atoms with Crippen molar-refractivity contribution in [2.24, 2.45) is 5.92 Å². The third kappa shape index (κ3) is 2.41. The van der Waals surface area contributed by atoms with Crippen LogP contribution in [-0.2, 0) is 9.53 Å². The highest BCUT2D eigenvalue weighted by molar-refractivity contribution is 5.90. The second-order valence-corrected chi connectivity index (χ2v) is 3.70. The summed E-state index contributed by atoms with van der Waals surface area (Å²) in [5, 5.41) is 14.8. The fourth-order valence-corrected chi connectivity index (χ4v) is 1.56. The fraction of sp³-hybridized carbons (Fsp3) is 0.556. The van der Waals surface area contributed by atoms with E-state index in [-0.39, 0.29) is 24.9 Å². The van der Waals surface area contributed by atoms with Gasteiger partial charge in [0.05, 0.1) is 19.3 Å². The number of ether oxygens (including phenoxy) is 1. The normalized spacial score (nSPS) is 23.6. The largest absolute Gasteiger partial charge is 0.481 e. The van der Waals surface area contributed by atoms with E-state index in [0.29, 0.717) is 0 Å². The van der Waals surface area contributed by atoms with Crippen LogP contribution < -0.4 is 5.32 Å². The number of hydrogen-bond donors (Lipinski definition) is 2.